The molecule has 0 spiro atoms. The van der Waals surface area contributed by atoms with Crippen molar-refractivity contribution in [1.29, 1.82) is 0 Å². The van der Waals surface area contributed by atoms with E-state index in [0.717, 1.165) is 30.0 Å². The first-order valence-corrected chi connectivity index (χ1v) is 8.16. The number of hydrogen-bond acceptors (Lipinski definition) is 5. The fourth-order valence-corrected chi connectivity index (χ4v) is 3.43. The number of aromatic nitrogens is 4. The second-order valence-corrected chi connectivity index (χ2v) is 6.05. The summed E-state index contributed by atoms with van der Waals surface area (Å²) >= 11 is 1.44. The molecule has 8 nitrogen and oxygen atoms in total. The number of aryl methyl sites for hydroxylation is 1. The molecule has 1 aliphatic rings. The maximum absolute atomic E-state index is 12.3. The molecule has 0 bridgehead atoms. The minimum absolute atomic E-state index is 0.100. The molecule has 0 unspecified atom stereocenters. The number of thiazole rings is 1. The lowest BCUT2D eigenvalue weighted by atomic mass is 10.1. The largest absolute Gasteiger partial charge is 0.343 e. The van der Waals surface area contributed by atoms with Crippen molar-refractivity contribution in [3.05, 3.63) is 28.0 Å². The average molecular weight is 322 g/mol. The number of amides is 2. The van der Waals surface area contributed by atoms with Crippen LogP contribution in [0.15, 0.2) is 16.6 Å². The quantitative estimate of drug-likeness (QED) is 0.894. The number of piperidine rings is 1. The molecular formula is C13H18N6O2S. The summed E-state index contributed by atoms with van der Waals surface area (Å²) in [4.78, 5) is 29.9. The standard InChI is InChI=1S/C13H18N6O2S/c1-2-10-11(22-8-14-10)16-12(20)18-5-3-9(4-6-18)19-7-15-17-13(19)21/h7-9H,2-6H2,1H3,(H,16,20)(H,17,21). The van der Waals surface area contributed by atoms with Crippen LogP contribution in [0, 0.1) is 0 Å². The first-order chi connectivity index (χ1) is 10.7. The first kappa shape index (κ1) is 14.8. The SMILES string of the molecule is CCc1ncsc1NC(=O)N1CCC(n2cn[nH]c2=O)CC1. The predicted octanol–water partition coefficient (Wildman–Crippen LogP) is 1.46. The van der Waals surface area contributed by atoms with Crippen molar-refractivity contribution >= 4 is 22.4 Å². The van der Waals surface area contributed by atoms with Crippen molar-refractivity contribution in [2.45, 2.75) is 32.2 Å². The lowest BCUT2D eigenvalue weighted by Gasteiger charge is -2.31. The topological polar surface area (TPSA) is 95.9 Å². The predicted molar refractivity (Wildman–Crippen MR) is 83.2 cm³/mol. The Balaban J connectivity index is 1.58. The first-order valence-electron chi connectivity index (χ1n) is 7.28. The second kappa shape index (κ2) is 6.30. The minimum atomic E-state index is -0.194. The Labute approximate surface area is 131 Å². The normalized spacial score (nSPS) is 16.0. The smallest absolute Gasteiger partial charge is 0.324 e. The van der Waals surface area contributed by atoms with Crippen LogP contribution in [0.2, 0.25) is 0 Å². The summed E-state index contributed by atoms with van der Waals surface area (Å²) in [6, 6.07) is 0.00171. The lowest BCUT2D eigenvalue weighted by Crippen LogP contribution is -2.42. The third kappa shape index (κ3) is 2.89. The monoisotopic (exact) mass is 322 g/mol. The molecule has 1 saturated heterocycles. The summed E-state index contributed by atoms with van der Waals surface area (Å²) in [5, 5.41) is 9.90. The highest BCUT2D eigenvalue weighted by atomic mass is 32.1. The van der Waals surface area contributed by atoms with Gasteiger partial charge in [0, 0.05) is 19.1 Å². The van der Waals surface area contributed by atoms with E-state index < -0.39 is 0 Å². The molecule has 22 heavy (non-hydrogen) atoms. The van der Waals surface area contributed by atoms with E-state index in [0.29, 0.717) is 13.1 Å². The highest BCUT2D eigenvalue weighted by Crippen LogP contribution is 2.24. The molecule has 3 heterocycles. The van der Waals surface area contributed by atoms with Gasteiger partial charge in [-0.3, -0.25) is 9.88 Å². The van der Waals surface area contributed by atoms with Gasteiger partial charge in [-0.1, -0.05) is 6.92 Å². The van der Waals surface area contributed by atoms with Crippen molar-refractivity contribution in [3.8, 4) is 0 Å². The van der Waals surface area contributed by atoms with Gasteiger partial charge in [-0.2, -0.15) is 5.10 Å². The zero-order valence-corrected chi connectivity index (χ0v) is 13.1. The van der Waals surface area contributed by atoms with Gasteiger partial charge >= 0.3 is 11.7 Å². The van der Waals surface area contributed by atoms with Crippen LogP contribution in [0.1, 0.15) is 31.5 Å². The summed E-state index contributed by atoms with van der Waals surface area (Å²) < 4.78 is 1.60. The molecule has 0 saturated carbocycles. The van der Waals surface area contributed by atoms with Gasteiger partial charge in [0.2, 0.25) is 0 Å². The molecule has 9 heteroatoms. The molecule has 3 rings (SSSR count). The fraction of sp³-hybridized carbons (Fsp3) is 0.538. The molecule has 2 amide bonds. The Hall–Kier alpha value is -2.16. The van der Waals surface area contributed by atoms with Crippen molar-refractivity contribution < 1.29 is 4.79 Å². The molecule has 0 aromatic carbocycles. The summed E-state index contributed by atoms with van der Waals surface area (Å²) in [5.74, 6) is 0. The number of aromatic amines is 1. The van der Waals surface area contributed by atoms with Gasteiger partial charge in [-0.15, -0.1) is 11.3 Å². The van der Waals surface area contributed by atoms with Crippen molar-refractivity contribution in [2.75, 3.05) is 18.4 Å². The van der Waals surface area contributed by atoms with Gasteiger partial charge in [0.05, 0.1) is 11.2 Å². The Morgan fingerprint density at radius 2 is 2.27 bits per heavy atom. The van der Waals surface area contributed by atoms with Gasteiger partial charge in [-0.05, 0) is 19.3 Å². The van der Waals surface area contributed by atoms with E-state index in [1.54, 1.807) is 15.0 Å². The zero-order valence-electron chi connectivity index (χ0n) is 12.3. The maximum Gasteiger partial charge on any atom is 0.343 e. The molecule has 0 aliphatic carbocycles. The second-order valence-electron chi connectivity index (χ2n) is 5.20. The Bertz CT molecular complexity index is 697. The van der Waals surface area contributed by atoms with Gasteiger partial charge in [0.25, 0.3) is 0 Å². The third-order valence-corrected chi connectivity index (χ3v) is 4.70. The van der Waals surface area contributed by atoms with Crippen molar-refractivity contribution in [2.24, 2.45) is 0 Å². The number of likely N-dealkylation sites (tertiary alicyclic amines) is 1. The molecule has 1 aliphatic heterocycles. The zero-order chi connectivity index (χ0) is 15.5. The Morgan fingerprint density at radius 1 is 1.50 bits per heavy atom. The molecule has 2 aromatic rings. The van der Waals surface area contributed by atoms with E-state index in [2.05, 4.69) is 20.5 Å². The van der Waals surface area contributed by atoms with E-state index in [4.69, 9.17) is 0 Å². The van der Waals surface area contributed by atoms with Crippen LogP contribution in [0.4, 0.5) is 9.80 Å². The van der Waals surface area contributed by atoms with E-state index in [1.807, 2.05) is 6.92 Å². The number of carbonyl (C=O) groups is 1. The summed E-state index contributed by atoms with van der Waals surface area (Å²) in [5.41, 5.74) is 2.46. The number of H-pyrrole nitrogens is 1. The van der Waals surface area contributed by atoms with Crippen LogP contribution >= 0.6 is 11.3 Å². The van der Waals surface area contributed by atoms with Crippen LogP contribution in [0.3, 0.4) is 0 Å². The molecule has 2 N–H and O–H groups in total. The van der Waals surface area contributed by atoms with Crippen LogP contribution in [0.25, 0.3) is 0 Å². The number of rotatable bonds is 3. The minimum Gasteiger partial charge on any atom is -0.324 e. The number of carbonyl (C=O) groups excluding carboxylic acids is 1. The van der Waals surface area contributed by atoms with E-state index in [-0.39, 0.29) is 17.8 Å². The number of hydrogen-bond donors (Lipinski definition) is 2. The van der Waals surface area contributed by atoms with Crippen LogP contribution in [0.5, 0.6) is 0 Å². The molecule has 1 fully saturated rings. The van der Waals surface area contributed by atoms with Gasteiger partial charge in [0.1, 0.15) is 11.3 Å². The van der Waals surface area contributed by atoms with Crippen LogP contribution in [-0.2, 0) is 6.42 Å². The Morgan fingerprint density at radius 3 is 2.91 bits per heavy atom. The highest BCUT2D eigenvalue weighted by molar-refractivity contribution is 7.14. The molecule has 2 aromatic heterocycles. The van der Waals surface area contributed by atoms with Gasteiger partial charge < -0.3 is 4.90 Å². The highest BCUT2D eigenvalue weighted by Gasteiger charge is 2.25. The summed E-state index contributed by atoms with van der Waals surface area (Å²) in [6.45, 7) is 3.25. The average Bonchev–Trinajstić information content (AvgIpc) is 3.16. The number of urea groups is 1. The van der Waals surface area contributed by atoms with E-state index in [1.165, 1.54) is 17.7 Å². The van der Waals surface area contributed by atoms with E-state index >= 15 is 0 Å². The molecule has 0 atom stereocenters. The van der Waals surface area contributed by atoms with Crippen molar-refractivity contribution in [3.63, 3.8) is 0 Å². The number of anilines is 1. The number of nitrogens with one attached hydrogen (secondary N) is 2. The molecular weight excluding hydrogens is 304 g/mol. The number of nitrogens with zero attached hydrogens (tertiary/aromatic N) is 4. The van der Waals surface area contributed by atoms with Crippen LogP contribution < -0.4 is 11.0 Å². The van der Waals surface area contributed by atoms with Gasteiger partial charge in [-0.25, -0.2) is 19.7 Å². The third-order valence-electron chi connectivity index (χ3n) is 3.92. The van der Waals surface area contributed by atoms with E-state index in [9.17, 15) is 9.59 Å². The van der Waals surface area contributed by atoms with Gasteiger partial charge in [0.15, 0.2) is 0 Å². The van der Waals surface area contributed by atoms with Crippen LogP contribution in [-0.4, -0.2) is 43.8 Å². The van der Waals surface area contributed by atoms with Crippen molar-refractivity contribution in [1.82, 2.24) is 24.6 Å². The molecule has 118 valence electrons. The summed E-state index contributed by atoms with van der Waals surface area (Å²) in [7, 11) is 0. The molecule has 0 radical (unpaired) electrons. The Kier molecular flexibility index (Phi) is 4.23. The fourth-order valence-electron chi connectivity index (χ4n) is 2.66. The summed E-state index contributed by atoms with van der Waals surface area (Å²) in [6.07, 6.45) is 3.81. The lowest BCUT2D eigenvalue weighted by molar-refractivity contribution is 0.183. The maximum atomic E-state index is 12.3.